The van der Waals surface area contributed by atoms with E-state index in [4.69, 9.17) is 0 Å². The van der Waals surface area contributed by atoms with Gasteiger partial charge in [0.25, 0.3) is 5.91 Å². The molecule has 106 valence electrons. The number of carbonyl (C=O) groups excluding carboxylic acids is 1. The first-order valence-corrected chi connectivity index (χ1v) is 6.43. The predicted octanol–water partition coefficient (Wildman–Crippen LogP) is 3.38. The second-order valence-corrected chi connectivity index (χ2v) is 4.66. The normalized spacial score (nSPS) is 10.8. The number of aromatic amines is 1. The minimum Gasteiger partial charge on any atom is -0.361 e. The fourth-order valence-corrected chi connectivity index (χ4v) is 2.23. The van der Waals surface area contributed by atoms with Gasteiger partial charge >= 0.3 is 0 Å². The maximum absolute atomic E-state index is 13.5. The molecule has 1 amide bonds. The second-order valence-electron chi connectivity index (χ2n) is 4.66. The van der Waals surface area contributed by atoms with Crippen LogP contribution in [0.1, 0.15) is 15.9 Å². The summed E-state index contributed by atoms with van der Waals surface area (Å²) in [7, 11) is 0. The first-order chi connectivity index (χ1) is 10.1. The molecule has 0 saturated carbocycles. The minimum atomic E-state index is -0.545. The molecule has 0 spiro atoms. The van der Waals surface area contributed by atoms with E-state index in [1.165, 1.54) is 0 Å². The number of aromatic nitrogens is 1. The Morgan fingerprint density at radius 1 is 1.14 bits per heavy atom. The fourth-order valence-electron chi connectivity index (χ4n) is 2.23. The summed E-state index contributed by atoms with van der Waals surface area (Å²) in [6, 6.07) is 10.3. The smallest absolute Gasteiger partial charge is 0.252 e. The topological polar surface area (TPSA) is 44.9 Å². The van der Waals surface area contributed by atoms with Crippen LogP contribution in [0.15, 0.2) is 48.7 Å². The van der Waals surface area contributed by atoms with Crippen molar-refractivity contribution in [3.8, 4) is 0 Å². The highest BCUT2D eigenvalue weighted by Gasteiger charge is 2.11. The summed E-state index contributed by atoms with van der Waals surface area (Å²) < 4.78 is 26.6. The lowest BCUT2D eigenvalue weighted by Crippen LogP contribution is -2.23. The molecule has 0 aliphatic rings. The molecule has 0 fully saturated rings. The average Bonchev–Trinajstić information content (AvgIpc) is 2.96. The number of fused-ring (bicyclic) bond motifs is 1. The zero-order chi connectivity index (χ0) is 14.8. The molecule has 0 atom stereocenters. The van der Waals surface area contributed by atoms with Crippen LogP contribution >= 0.6 is 0 Å². The van der Waals surface area contributed by atoms with Gasteiger partial charge < -0.3 is 10.3 Å². The predicted molar refractivity (Wildman–Crippen MR) is 75.8 cm³/mol. The highest BCUT2D eigenvalue weighted by Crippen LogP contribution is 2.17. The van der Waals surface area contributed by atoms with Gasteiger partial charge in [0.15, 0.2) is 0 Å². The summed E-state index contributed by atoms with van der Waals surface area (Å²) in [5.74, 6) is -1.41. The Hall–Kier alpha value is -2.69. The van der Waals surface area contributed by atoms with Crippen LogP contribution in [0, 0.1) is 11.6 Å². The molecule has 0 saturated heterocycles. The number of H-pyrrole nitrogens is 1. The lowest BCUT2D eigenvalue weighted by molar-refractivity contribution is 0.0952. The van der Waals surface area contributed by atoms with E-state index in [2.05, 4.69) is 10.3 Å². The van der Waals surface area contributed by atoms with Gasteiger partial charge in [0, 0.05) is 34.8 Å². The first-order valence-electron chi connectivity index (χ1n) is 6.43. The van der Waals surface area contributed by atoms with E-state index in [0.29, 0.717) is 5.56 Å². The lowest BCUT2D eigenvalue weighted by Gasteiger charge is -2.07. The van der Waals surface area contributed by atoms with Crippen molar-refractivity contribution in [2.24, 2.45) is 0 Å². The maximum atomic E-state index is 13.5. The van der Waals surface area contributed by atoms with Gasteiger partial charge in [0.1, 0.15) is 11.6 Å². The Balaban J connectivity index is 1.81. The molecule has 0 aliphatic heterocycles. The van der Waals surface area contributed by atoms with Gasteiger partial charge in [0.05, 0.1) is 0 Å². The van der Waals surface area contributed by atoms with E-state index in [1.807, 2.05) is 6.07 Å². The molecule has 0 bridgehead atoms. The van der Waals surface area contributed by atoms with Crippen molar-refractivity contribution in [3.63, 3.8) is 0 Å². The largest absolute Gasteiger partial charge is 0.361 e. The Bertz CT molecular complexity index is 811. The molecular formula is C16H12F2N2O. The quantitative estimate of drug-likeness (QED) is 0.761. The highest BCUT2D eigenvalue weighted by molar-refractivity contribution is 6.06. The van der Waals surface area contributed by atoms with Crippen molar-refractivity contribution in [2.75, 3.05) is 0 Å². The van der Waals surface area contributed by atoms with Gasteiger partial charge in [-0.05, 0) is 36.4 Å². The monoisotopic (exact) mass is 286 g/mol. The number of rotatable bonds is 3. The molecule has 0 radical (unpaired) electrons. The molecule has 0 unspecified atom stereocenters. The number of nitrogens with one attached hydrogen (secondary N) is 2. The molecule has 0 aliphatic carbocycles. The Morgan fingerprint density at radius 3 is 2.86 bits per heavy atom. The van der Waals surface area contributed by atoms with Crippen molar-refractivity contribution >= 4 is 16.8 Å². The van der Waals surface area contributed by atoms with Crippen LogP contribution in [-0.4, -0.2) is 10.9 Å². The van der Waals surface area contributed by atoms with Crippen LogP contribution < -0.4 is 5.32 Å². The summed E-state index contributed by atoms with van der Waals surface area (Å²) in [5.41, 5.74) is 1.45. The van der Waals surface area contributed by atoms with Crippen LogP contribution in [0.3, 0.4) is 0 Å². The first kappa shape index (κ1) is 13.3. The second kappa shape index (κ2) is 5.36. The number of hydrogen-bond acceptors (Lipinski definition) is 1. The van der Waals surface area contributed by atoms with Gasteiger partial charge in [-0.15, -0.1) is 0 Å². The van der Waals surface area contributed by atoms with Crippen molar-refractivity contribution in [1.82, 2.24) is 10.3 Å². The van der Waals surface area contributed by atoms with Crippen LogP contribution in [-0.2, 0) is 6.54 Å². The van der Waals surface area contributed by atoms with Crippen LogP contribution in [0.25, 0.3) is 10.9 Å². The Morgan fingerprint density at radius 2 is 2.00 bits per heavy atom. The van der Waals surface area contributed by atoms with Gasteiger partial charge in [-0.1, -0.05) is 6.07 Å². The zero-order valence-electron chi connectivity index (χ0n) is 11.0. The molecule has 5 heteroatoms. The standard InChI is InChI=1S/C16H12F2N2O/c17-11-4-5-14(18)10(8-11)9-20-16(21)13-2-1-3-15-12(13)6-7-19-15/h1-8,19H,9H2,(H,20,21). The van der Waals surface area contributed by atoms with Crippen LogP contribution in [0.4, 0.5) is 8.78 Å². The van der Waals surface area contributed by atoms with Crippen LogP contribution in [0.2, 0.25) is 0 Å². The molecule has 3 aromatic rings. The van der Waals surface area contributed by atoms with Gasteiger partial charge in [-0.2, -0.15) is 0 Å². The molecular weight excluding hydrogens is 274 g/mol. The molecule has 3 rings (SSSR count). The third kappa shape index (κ3) is 2.63. The fraction of sp³-hybridized carbons (Fsp3) is 0.0625. The minimum absolute atomic E-state index is 0.0662. The third-order valence-corrected chi connectivity index (χ3v) is 3.29. The summed E-state index contributed by atoms with van der Waals surface area (Å²) >= 11 is 0. The average molecular weight is 286 g/mol. The number of benzene rings is 2. The zero-order valence-corrected chi connectivity index (χ0v) is 11.0. The number of halogens is 2. The van der Waals surface area contributed by atoms with Crippen molar-refractivity contribution in [2.45, 2.75) is 6.54 Å². The third-order valence-electron chi connectivity index (χ3n) is 3.29. The molecule has 1 heterocycles. The van der Waals surface area contributed by atoms with Crippen molar-refractivity contribution in [3.05, 3.63) is 71.4 Å². The van der Waals surface area contributed by atoms with E-state index in [1.54, 1.807) is 24.4 Å². The van der Waals surface area contributed by atoms with E-state index in [0.717, 1.165) is 29.1 Å². The number of carbonyl (C=O) groups is 1. The highest BCUT2D eigenvalue weighted by atomic mass is 19.1. The molecule has 2 aromatic carbocycles. The summed E-state index contributed by atoms with van der Waals surface area (Å²) in [6.07, 6.45) is 1.74. The Kier molecular flexibility index (Phi) is 3.39. The van der Waals surface area contributed by atoms with Crippen molar-refractivity contribution in [1.29, 1.82) is 0 Å². The van der Waals surface area contributed by atoms with E-state index < -0.39 is 11.6 Å². The number of hydrogen-bond donors (Lipinski definition) is 2. The van der Waals surface area contributed by atoms with Gasteiger partial charge in [0.2, 0.25) is 0 Å². The summed E-state index contributed by atoms with van der Waals surface area (Å²) in [5, 5.41) is 3.39. The lowest BCUT2D eigenvalue weighted by atomic mass is 10.1. The summed E-state index contributed by atoms with van der Waals surface area (Å²) in [4.78, 5) is 15.2. The number of amides is 1. The van der Waals surface area contributed by atoms with Gasteiger partial charge in [-0.25, -0.2) is 8.78 Å². The van der Waals surface area contributed by atoms with E-state index in [9.17, 15) is 13.6 Å². The SMILES string of the molecule is O=C(NCc1cc(F)ccc1F)c1cccc2[nH]ccc12. The summed E-state index contributed by atoms with van der Waals surface area (Å²) in [6.45, 7) is -0.0662. The maximum Gasteiger partial charge on any atom is 0.252 e. The van der Waals surface area contributed by atoms with Crippen LogP contribution in [0.5, 0.6) is 0 Å². The van der Waals surface area contributed by atoms with Gasteiger partial charge in [-0.3, -0.25) is 4.79 Å². The van der Waals surface area contributed by atoms with E-state index >= 15 is 0 Å². The molecule has 1 aromatic heterocycles. The van der Waals surface area contributed by atoms with Crippen molar-refractivity contribution < 1.29 is 13.6 Å². The van der Waals surface area contributed by atoms with E-state index in [-0.39, 0.29) is 18.0 Å². The molecule has 21 heavy (non-hydrogen) atoms. The Labute approximate surface area is 119 Å². The molecule has 2 N–H and O–H groups in total. The molecule has 3 nitrogen and oxygen atoms in total.